The van der Waals surface area contributed by atoms with Crippen molar-refractivity contribution in [1.29, 1.82) is 0 Å². The van der Waals surface area contributed by atoms with Gasteiger partial charge in [0.2, 0.25) is 0 Å². The van der Waals surface area contributed by atoms with Crippen molar-refractivity contribution in [2.75, 3.05) is 40.5 Å². The minimum absolute atomic E-state index is 0. The zero-order valence-electron chi connectivity index (χ0n) is 16.7. The molecule has 6 nitrogen and oxygen atoms in total. The van der Waals surface area contributed by atoms with E-state index in [4.69, 9.17) is 14.5 Å². The molecule has 0 heterocycles. The highest BCUT2D eigenvalue weighted by atomic mass is 127. The van der Waals surface area contributed by atoms with E-state index in [0.29, 0.717) is 6.54 Å². The van der Waals surface area contributed by atoms with E-state index < -0.39 is 6.10 Å². The average molecular weight is 491 g/mol. The molecular formula is C20H34IN3O3. The van der Waals surface area contributed by atoms with Crippen molar-refractivity contribution in [3.8, 4) is 5.75 Å². The molecule has 1 aromatic carbocycles. The quantitative estimate of drug-likeness (QED) is 0.267. The number of halogens is 1. The molecule has 0 aliphatic heterocycles. The van der Waals surface area contributed by atoms with Gasteiger partial charge in [-0.15, -0.1) is 24.0 Å². The summed E-state index contributed by atoms with van der Waals surface area (Å²) in [5, 5.41) is 17.0. The Morgan fingerprint density at radius 2 is 2.07 bits per heavy atom. The lowest BCUT2D eigenvalue weighted by atomic mass is 9.67. The first kappa shape index (κ1) is 24.0. The van der Waals surface area contributed by atoms with Crippen LogP contribution in [-0.4, -0.2) is 51.5 Å². The van der Waals surface area contributed by atoms with Gasteiger partial charge in [0.25, 0.3) is 0 Å². The number of aliphatic hydroxyl groups excluding tert-OH is 1. The summed E-state index contributed by atoms with van der Waals surface area (Å²) in [4.78, 5) is 4.76. The van der Waals surface area contributed by atoms with Crippen LogP contribution >= 0.6 is 24.0 Å². The largest absolute Gasteiger partial charge is 0.497 e. The van der Waals surface area contributed by atoms with E-state index in [0.717, 1.165) is 43.4 Å². The molecule has 7 heteroatoms. The third-order valence-electron chi connectivity index (χ3n) is 5.11. The van der Waals surface area contributed by atoms with Crippen LogP contribution in [-0.2, 0) is 4.74 Å². The molecule has 0 spiro atoms. The number of hydrogen-bond acceptors (Lipinski definition) is 4. The molecule has 27 heavy (non-hydrogen) atoms. The topological polar surface area (TPSA) is 75.1 Å². The summed E-state index contributed by atoms with van der Waals surface area (Å²) in [6.07, 6.45) is 4.13. The summed E-state index contributed by atoms with van der Waals surface area (Å²) in [5.74, 6) is 1.49. The van der Waals surface area contributed by atoms with Gasteiger partial charge >= 0.3 is 0 Å². The van der Waals surface area contributed by atoms with Crippen molar-refractivity contribution in [2.45, 2.75) is 38.7 Å². The molecular weight excluding hydrogens is 457 g/mol. The number of ether oxygens (including phenoxy) is 2. The molecule has 154 valence electrons. The number of benzene rings is 1. The number of nitrogens with zero attached hydrogens (tertiary/aromatic N) is 1. The summed E-state index contributed by atoms with van der Waals surface area (Å²) in [7, 11) is 3.38. The minimum Gasteiger partial charge on any atom is -0.497 e. The zero-order chi connectivity index (χ0) is 18.8. The monoisotopic (exact) mass is 491 g/mol. The molecule has 0 aromatic heterocycles. The molecule has 3 N–H and O–H groups in total. The molecule has 0 amide bonds. The van der Waals surface area contributed by atoms with E-state index in [1.54, 1.807) is 14.2 Å². The number of hydrogen-bond donors (Lipinski definition) is 3. The predicted octanol–water partition coefficient (Wildman–Crippen LogP) is 3.11. The minimum atomic E-state index is -0.625. The molecule has 0 bridgehead atoms. The Hall–Kier alpha value is -1.06. The maximum absolute atomic E-state index is 10.4. The first-order chi connectivity index (χ1) is 12.6. The van der Waals surface area contributed by atoms with Gasteiger partial charge in [-0.1, -0.05) is 18.6 Å². The maximum atomic E-state index is 10.4. The Balaban J connectivity index is 0.00000364. The highest BCUT2D eigenvalue weighted by molar-refractivity contribution is 14.0. The molecule has 1 aromatic rings. The van der Waals surface area contributed by atoms with E-state index in [9.17, 15) is 5.11 Å². The fraction of sp³-hybridized carbons (Fsp3) is 0.650. The van der Waals surface area contributed by atoms with Crippen LogP contribution < -0.4 is 15.4 Å². The molecule has 1 unspecified atom stereocenters. The van der Waals surface area contributed by atoms with Gasteiger partial charge in [0, 0.05) is 33.4 Å². The highest BCUT2D eigenvalue weighted by Crippen LogP contribution is 2.44. The number of aliphatic hydroxyl groups is 1. The number of guanidine groups is 1. The van der Waals surface area contributed by atoms with Crippen molar-refractivity contribution in [3.63, 3.8) is 0 Å². The van der Waals surface area contributed by atoms with Crippen LogP contribution in [0.2, 0.25) is 0 Å². The molecule has 1 atom stereocenters. The van der Waals surface area contributed by atoms with Crippen molar-refractivity contribution >= 4 is 29.9 Å². The Labute approximate surface area is 180 Å². The van der Waals surface area contributed by atoms with Gasteiger partial charge in [0.1, 0.15) is 5.75 Å². The van der Waals surface area contributed by atoms with Crippen LogP contribution in [0.3, 0.4) is 0 Å². The fourth-order valence-electron chi connectivity index (χ4n) is 3.23. The van der Waals surface area contributed by atoms with Crippen LogP contribution in [0, 0.1) is 5.41 Å². The summed E-state index contributed by atoms with van der Waals surface area (Å²) < 4.78 is 10.5. The average Bonchev–Trinajstić information content (AvgIpc) is 2.64. The van der Waals surface area contributed by atoms with Gasteiger partial charge in [-0.05, 0) is 49.3 Å². The Bertz CT molecular complexity index is 579. The number of rotatable bonds is 10. The van der Waals surface area contributed by atoms with Crippen molar-refractivity contribution in [1.82, 2.24) is 10.6 Å². The lowest BCUT2D eigenvalue weighted by molar-refractivity contribution is 0.0778. The SMILES string of the molecule is CCNC(=NCC1(CCOC)CCC1)NCC(O)c1cccc(OC)c1.I. The van der Waals surface area contributed by atoms with Gasteiger partial charge in [-0.25, -0.2) is 0 Å². The third-order valence-corrected chi connectivity index (χ3v) is 5.11. The first-order valence-electron chi connectivity index (χ1n) is 9.45. The Morgan fingerprint density at radius 1 is 1.30 bits per heavy atom. The fourth-order valence-corrected chi connectivity index (χ4v) is 3.23. The molecule has 1 saturated carbocycles. The predicted molar refractivity (Wildman–Crippen MR) is 120 cm³/mol. The van der Waals surface area contributed by atoms with Crippen LogP contribution in [0.4, 0.5) is 0 Å². The van der Waals surface area contributed by atoms with Crippen LogP contribution in [0.25, 0.3) is 0 Å². The third kappa shape index (κ3) is 7.46. The second-order valence-electron chi connectivity index (χ2n) is 6.96. The lowest BCUT2D eigenvalue weighted by Gasteiger charge is -2.40. The van der Waals surface area contributed by atoms with Crippen LogP contribution in [0.15, 0.2) is 29.3 Å². The smallest absolute Gasteiger partial charge is 0.191 e. The summed E-state index contributed by atoms with van der Waals surface area (Å²) in [5.41, 5.74) is 1.10. The van der Waals surface area contributed by atoms with E-state index in [2.05, 4.69) is 10.6 Å². The van der Waals surface area contributed by atoms with E-state index >= 15 is 0 Å². The highest BCUT2D eigenvalue weighted by Gasteiger charge is 2.36. The van der Waals surface area contributed by atoms with Gasteiger partial charge in [-0.2, -0.15) is 0 Å². The molecule has 1 aliphatic rings. The van der Waals surface area contributed by atoms with Gasteiger partial charge in [0.05, 0.1) is 13.2 Å². The molecule has 1 fully saturated rings. The van der Waals surface area contributed by atoms with E-state index in [1.807, 2.05) is 31.2 Å². The Morgan fingerprint density at radius 3 is 2.67 bits per heavy atom. The van der Waals surface area contributed by atoms with Gasteiger partial charge in [0.15, 0.2) is 5.96 Å². The number of nitrogens with one attached hydrogen (secondary N) is 2. The van der Waals surface area contributed by atoms with Gasteiger partial charge in [-0.3, -0.25) is 4.99 Å². The second kappa shape index (κ2) is 12.4. The molecule has 2 rings (SSSR count). The summed E-state index contributed by atoms with van der Waals surface area (Å²) in [6, 6.07) is 7.50. The van der Waals surface area contributed by atoms with Crippen molar-refractivity contribution < 1.29 is 14.6 Å². The normalized spacial score (nSPS) is 16.7. The molecule has 1 aliphatic carbocycles. The van der Waals surface area contributed by atoms with E-state index in [-0.39, 0.29) is 29.4 Å². The van der Waals surface area contributed by atoms with Crippen LogP contribution in [0.1, 0.15) is 44.3 Å². The maximum Gasteiger partial charge on any atom is 0.191 e. The molecule has 0 saturated heterocycles. The standard InChI is InChI=1S/C20H33N3O3.HI/c1-4-21-19(23-15-20(9-6-10-20)11-12-25-2)22-14-18(24)16-7-5-8-17(13-16)26-3;/h5,7-8,13,18,24H,4,6,9-12,14-15H2,1-3H3,(H2,21,22,23);1H. The first-order valence-corrected chi connectivity index (χ1v) is 9.45. The lowest BCUT2D eigenvalue weighted by Crippen LogP contribution is -2.41. The number of aliphatic imine (C=N–C) groups is 1. The Kier molecular flexibility index (Phi) is 11.0. The van der Waals surface area contributed by atoms with Crippen molar-refractivity contribution in [2.24, 2.45) is 10.4 Å². The molecule has 0 radical (unpaired) electrons. The zero-order valence-corrected chi connectivity index (χ0v) is 19.0. The van der Waals surface area contributed by atoms with E-state index in [1.165, 1.54) is 19.3 Å². The van der Waals surface area contributed by atoms with Crippen LogP contribution in [0.5, 0.6) is 5.75 Å². The number of methoxy groups -OCH3 is 2. The van der Waals surface area contributed by atoms with Crippen molar-refractivity contribution in [3.05, 3.63) is 29.8 Å². The second-order valence-corrected chi connectivity index (χ2v) is 6.96. The summed E-state index contributed by atoms with van der Waals surface area (Å²) in [6.45, 7) is 4.80. The van der Waals surface area contributed by atoms with Gasteiger partial charge < -0.3 is 25.2 Å². The summed E-state index contributed by atoms with van der Waals surface area (Å²) >= 11 is 0.